The molecule has 1 fully saturated rings. The SMILES string of the molecule is CC(C)CNC(=O)c1cncc(C(=O)N2CCN(c3ccccc3)CC2)c1. The van der Waals surface area contributed by atoms with Gasteiger partial charge in [0.2, 0.25) is 0 Å². The van der Waals surface area contributed by atoms with Gasteiger partial charge in [0, 0.05) is 50.8 Å². The van der Waals surface area contributed by atoms with Crippen molar-refractivity contribution >= 4 is 17.5 Å². The molecule has 1 saturated heterocycles. The van der Waals surface area contributed by atoms with Crippen LogP contribution in [-0.2, 0) is 0 Å². The molecule has 3 rings (SSSR count). The average molecular weight is 366 g/mol. The van der Waals surface area contributed by atoms with Crippen molar-refractivity contribution < 1.29 is 9.59 Å². The lowest BCUT2D eigenvalue weighted by Gasteiger charge is -2.36. The van der Waals surface area contributed by atoms with Gasteiger partial charge in [-0.25, -0.2) is 0 Å². The van der Waals surface area contributed by atoms with Gasteiger partial charge in [-0.2, -0.15) is 0 Å². The Morgan fingerprint density at radius 2 is 1.70 bits per heavy atom. The van der Waals surface area contributed by atoms with Crippen LogP contribution in [0.5, 0.6) is 0 Å². The summed E-state index contributed by atoms with van der Waals surface area (Å²) in [5.41, 5.74) is 2.06. The molecule has 6 nitrogen and oxygen atoms in total. The predicted molar refractivity (Wildman–Crippen MR) is 106 cm³/mol. The molecule has 0 aliphatic carbocycles. The third-order valence-corrected chi connectivity index (χ3v) is 4.61. The van der Waals surface area contributed by atoms with E-state index >= 15 is 0 Å². The van der Waals surface area contributed by atoms with Gasteiger partial charge >= 0.3 is 0 Å². The molecule has 1 aromatic carbocycles. The number of para-hydroxylation sites is 1. The highest BCUT2D eigenvalue weighted by Gasteiger charge is 2.23. The summed E-state index contributed by atoms with van der Waals surface area (Å²) in [7, 11) is 0. The van der Waals surface area contributed by atoms with E-state index in [2.05, 4.69) is 27.3 Å². The molecule has 2 aromatic rings. The van der Waals surface area contributed by atoms with Crippen molar-refractivity contribution in [2.24, 2.45) is 5.92 Å². The van der Waals surface area contributed by atoms with Crippen molar-refractivity contribution in [1.29, 1.82) is 0 Å². The first-order valence-electron chi connectivity index (χ1n) is 9.37. The third kappa shape index (κ3) is 4.84. The highest BCUT2D eigenvalue weighted by atomic mass is 16.2. The van der Waals surface area contributed by atoms with Gasteiger partial charge in [0.25, 0.3) is 11.8 Å². The lowest BCUT2D eigenvalue weighted by Crippen LogP contribution is -2.48. The monoisotopic (exact) mass is 366 g/mol. The molecule has 0 unspecified atom stereocenters. The third-order valence-electron chi connectivity index (χ3n) is 4.61. The first-order valence-corrected chi connectivity index (χ1v) is 9.37. The Kier molecular flexibility index (Phi) is 6.06. The van der Waals surface area contributed by atoms with E-state index < -0.39 is 0 Å². The van der Waals surface area contributed by atoms with Crippen molar-refractivity contribution in [3.8, 4) is 0 Å². The van der Waals surface area contributed by atoms with Crippen LogP contribution in [-0.4, -0.2) is 54.4 Å². The summed E-state index contributed by atoms with van der Waals surface area (Å²) in [4.78, 5) is 33.2. The molecule has 0 spiro atoms. The summed E-state index contributed by atoms with van der Waals surface area (Å²) < 4.78 is 0. The lowest BCUT2D eigenvalue weighted by atomic mass is 10.1. The number of carbonyl (C=O) groups is 2. The second-order valence-corrected chi connectivity index (χ2v) is 7.18. The van der Waals surface area contributed by atoms with Gasteiger partial charge in [-0.05, 0) is 24.1 Å². The largest absolute Gasteiger partial charge is 0.368 e. The molecule has 0 bridgehead atoms. The first kappa shape index (κ1) is 18.9. The van der Waals surface area contributed by atoms with E-state index in [1.165, 1.54) is 18.1 Å². The standard InChI is InChI=1S/C21H26N4O2/c1-16(2)13-23-20(26)17-12-18(15-22-14-17)21(27)25-10-8-24(9-11-25)19-6-4-3-5-7-19/h3-7,12,14-16H,8-11,13H2,1-2H3,(H,23,26). The van der Waals surface area contributed by atoms with Crippen LogP contribution in [0.25, 0.3) is 0 Å². The molecule has 1 aliphatic rings. The van der Waals surface area contributed by atoms with Crippen LogP contribution in [0.2, 0.25) is 0 Å². The minimum atomic E-state index is -0.195. The Balaban J connectivity index is 1.61. The average Bonchev–Trinajstić information content (AvgIpc) is 2.72. The van der Waals surface area contributed by atoms with Gasteiger partial charge in [0.1, 0.15) is 0 Å². The van der Waals surface area contributed by atoms with Crippen LogP contribution in [0.1, 0.15) is 34.6 Å². The van der Waals surface area contributed by atoms with Gasteiger partial charge in [-0.1, -0.05) is 32.0 Å². The molecule has 0 radical (unpaired) electrons. The smallest absolute Gasteiger partial charge is 0.255 e. The predicted octanol–water partition coefficient (Wildman–Crippen LogP) is 2.43. The first-order chi connectivity index (χ1) is 13.0. The van der Waals surface area contributed by atoms with E-state index in [9.17, 15) is 9.59 Å². The van der Waals surface area contributed by atoms with Crippen LogP contribution >= 0.6 is 0 Å². The van der Waals surface area contributed by atoms with Crippen LogP contribution in [0.4, 0.5) is 5.69 Å². The van der Waals surface area contributed by atoms with Crippen LogP contribution in [0.15, 0.2) is 48.8 Å². The summed E-state index contributed by atoms with van der Waals surface area (Å²) in [5.74, 6) is 0.0982. The maximum Gasteiger partial charge on any atom is 0.255 e. The maximum atomic E-state index is 12.8. The summed E-state index contributed by atoms with van der Waals surface area (Å²) in [6.45, 7) is 7.55. The number of amides is 2. The number of hydrogen-bond acceptors (Lipinski definition) is 4. The molecule has 142 valence electrons. The lowest BCUT2D eigenvalue weighted by molar-refractivity contribution is 0.0746. The van der Waals surface area contributed by atoms with E-state index in [0.717, 1.165) is 13.1 Å². The van der Waals surface area contributed by atoms with E-state index in [-0.39, 0.29) is 11.8 Å². The number of piperazine rings is 1. The van der Waals surface area contributed by atoms with E-state index in [0.29, 0.717) is 36.7 Å². The summed E-state index contributed by atoms with van der Waals surface area (Å²) in [6, 6.07) is 11.8. The molecule has 1 N–H and O–H groups in total. The number of anilines is 1. The van der Waals surface area contributed by atoms with Gasteiger partial charge in [0.15, 0.2) is 0 Å². The quantitative estimate of drug-likeness (QED) is 0.883. The number of pyridine rings is 1. The maximum absolute atomic E-state index is 12.8. The topological polar surface area (TPSA) is 65.5 Å². The van der Waals surface area contributed by atoms with Crippen molar-refractivity contribution in [3.05, 3.63) is 59.9 Å². The summed E-state index contributed by atoms with van der Waals surface area (Å²) in [6.07, 6.45) is 3.03. The molecule has 0 saturated carbocycles. The Bertz CT molecular complexity index is 784. The molecular weight excluding hydrogens is 340 g/mol. The molecular formula is C21H26N4O2. The van der Waals surface area contributed by atoms with Crippen LogP contribution < -0.4 is 10.2 Å². The summed E-state index contributed by atoms with van der Waals surface area (Å²) >= 11 is 0. The Morgan fingerprint density at radius 3 is 2.37 bits per heavy atom. The van der Waals surface area contributed by atoms with Crippen molar-refractivity contribution in [1.82, 2.24) is 15.2 Å². The number of rotatable bonds is 5. The number of aromatic nitrogens is 1. The zero-order valence-electron chi connectivity index (χ0n) is 15.9. The molecule has 1 aliphatic heterocycles. The number of hydrogen-bond donors (Lipinski definition) is 1. The second-order valence-electron chi connectivity index (χ2n) is 7.18. The Labute approximate surface area is 160 Å². The van der Waals surface area contributed by atoms with Crippen LogP contribution in [0.3, 0.4) is 0 Å². The van der Waals surface area contributed by atoms with Crippen molar-refractivity contribution in [3.63, 3.8) is 0 Å². The van der Waals surface area contributed by atoms with Gasteiger partial charge in [-0.3, -0.25) is 14.6 Å². The molecule has 2 amide bonds. The van der Waals surface area contributed by atoms with E-state index in [4.69, 9.17) is 0 Å². The Hall–Kier alpha value is -2.89. The minimum absolute atomic E-state index is 0.0753. The fourth-order valence-electron chi connectivity index (χ4n) is 3.07. The minimum Gasteiger partial charge on any atom is -0.368 e. The van der Waals surface area contributed by atoms with Gasteiger partial charge < -0.3 is 15.1 Å². The number of nitrogens with one attached hydrogen (secondary N) is 1. The highest BCUT2D eigenvalue weighted by molar-refractivity contribution is 5.99. The number of carbonyl (C=O) groups excluding carboxylic acids is 2. The van der Waals surface area contributed by atoms with E-state index in [1.54, 1.807) is 6.07 Å². The fraction of sp³-hybridized carbons (Fsp3) is 0.381. The molecule has 27 heavy (non-hydrogen) atoms. The van der Waals surface area contributed by atoms with Crippen molar-refractivity contribution in [2.45, 2.75) is 13.8 Å². The fourth-order valence-corrected chi connectivity index (χ4v) is 3.07. The van der Waals surface area contributed by atoms with Gasteiger partial charge in [0.05, 0.1) is 11.1 Å². The van der Waals surface area contributed by atoms with Gasteiger partial charge in [-0.15, -0.1) is 0 Å². The number of benzene rings is 1. The van der Waals surface area contributed by atoms with E-state index in [1.807, 2.05) is 36.9 Å². The number of nitrogens with zero attached hydrogens (tertiary/aromatic N) is 3. The zero-order valence-corrected chi connectivity index (χ0v) is 15.9. The molecule has 6 heteroatoms. The second kappa shape index (κ2) is 8.66. The molecule has 1 aromatic heterocycles. The normalized spacial score (nSPS) is 14.3. The zero-order chi connectivity index (χ0) is 19.2. The Morgan fingerprint density at radius 1 is 1.04 bits per heavy atom. The molecule has 2 heterocycles. The summed E-state index contributed by atoms with van der Waals surface area (Å²) in [5, 5.41) is 2.86. The molecule has 0 atom stereocenters. The highest BCUT2D eigenvalue weighted by Crippen LogP contribution is 2.17. The van der Waals surface area contributed by atoms with Crippen LogP contribution in [0, 0.1) is 5.92 Å². The van der Waals surface area contributed by atoms with Crippen molar-refractivity contribution in [2.75, 3.05) is 37.6 Å².